The molecule has 0 saturated carbocycles. The molecule has 0 spiro atoms. The van der Waals surface area contributed by atoms with Crippen molar-refractivity contribution in [1.82, 2.24) is 20.1 Å². The molecule has 1 aromatic heterocycles. The number of hydrogen-bond donors (Lipinski definition) is 2. The zero-order valence-corrected chi connectivity index (χ0v) is 17.4. The molecule has 144 valence electrons. The Morgan fingerprint density at radius 1 is 1.40 bits per heavy atom. The number of amides is 1. The molecule has 8 nitrogen and oxygen atoms in total. The predicted octanol–water partition coefficient (Wildman–Crippen LogP) is 2.54. The molecule has 0 aliphatic heterocycles. The van der Waals surface area contributed by atoms with E-state index in [0.29, 0.717) is 12.4 Å². The van der Waals surface area contributed by atoms with Gasteiger partial charge in [-0.1, -0.05) is 19.6 Å². The van der Waals surface area contributed by atoms with Gasteiger partial charge in [0.2, 0.25) is 0 Å². The van der Waals surface area contributed by atoms with Gasteiger partial charge in [0.1, 0.15) is 24.8 Å². The predicted molar refractivity (Wildman–Crippen MR) is 97.9 cm³/mol. The lowest BCUT2D eigenvalue weighted by molar-refractivity contribution is 0.0400. The number of nitrogens with one attached hydrogen (secondary N) is 1. The van der Waals surface area contributed by atoms with E-state index < -0.39 is 31.9 Å². The van der Waals surface area contributed by atoms with Crippen LogP contribution in [0, 0.1) is 0 Å². The molecule has 0 aromatic carbocycles. The van der Waals surface area contributed by atoms with Gasteiger partial charge in [-0.25, -0.2) is 4.79 Å². The molecule has 1 rings (SSSR count). The van der Waals surface area contributed by atoms with Crippen molar-refractivity contribution in [1.29, 1.82) is 0 Å². The molecule has 1 unspecified atom stereocenters. The highest BCUT2D eigenvalue weighted by Gasteiger charge is 2.25. The molecular weight excluding hydrogens is 340 g/mol. The standard InChI is InChI=1S/C16H32N4O4Si/c1-12(18-15(22)24-16(2,3)4)13(21)14-19-17-10-20(14)11-23-8-9-25(5,6)7/h10,12-13,21H,8-9,11H2,1-7H3,(H,18,22)/t12-,13?/m0/s1. The smallest absolute Gasteiger partial charge is 0.407 e. The van der Waals surface area contributed by atoms with E-state index in [1.807, 2.05) is 0 Å². The van der Waals surface area contributed by atoms with Gasteiger partial charge in [-0.15, -0.1) is 10.2 Å². The lowest BCUT2D eigenvalue weighted by Gasteiger charge is -2.24. The third-order valence-corrected chi connectivity index (χ3v) is 5.06. The van der Waals surface area contributed by atoms with Crippen molar-refractivity contribution in [3.8, 4) is 0 Å². The van der Waals surface area contributed by atoms with Gasteiger partial charge in [0.25, 0.3) is 0 Å². The molecule has 1 heterocycles. The lowest BCUT2D eigenvalue weighted by Crippen LogP contribution is -2.41. The Bertz CT molecular complexity index is 551. The second kappa shape index (κ2) is 8.77. The fourth-order valence-corrected chi connectivity index (χ4v) is 2.69. The molecule has 2 N–H and O–H groups in total. The number of aromatic nitrogens is 3. The number of carbonyl (C=O) groups excluding carboxylic acids is 1. The summed E-state index contributed by atoms with van der Waals surface area (Å²) in [6.07, 6.45) is -0.0973. The van der Waals surface area contributed by atoms with Crippen LogP contribution in [-0.4, -0.2) is 52.3 Å². The monoisotopic (exact) mass is 372 g/mol. The van der Waals surface area contributed by atoms with Crippen LogP contribution in [0.15, 0.2) is 6.33 Å². The van der Waals surface area contributed by atoms with Crippen molar-refractivity contribution in [2.75, 3.05) is 6.61 Å². The van der Waals surface area contributed by atoms with Gasteiger partial charge in [-0.05, 0) is 33.7 Å². The number of nitrogens with zero attached hydrogens (tertiary/aromatic N) is 3. The third kappa shape index (κ3) is 8.46. The fourth-order valence-electron chi connectivity index (χ4n) is 1.93. The Labute approximate surface area is 150 Å². The third-order valence-electron chi connectivity index (χ3n) is 3.35. The SMILES string of the molecule is C[C@H](NC(=O)OC(C)(C)C)C(O)c1nncn1COCC[Si](C)(C)C. The minimum absolute atomic E-state index is 0.267. The van der Waals surface area contributed by atoms with E-state index >= 15 is 0 Å². The minimum atomic E-state index is -1.15. The number of ether oxygens (including phenoxy) is 2. The molecule has 0 saturated heterocycles. The van der Waals surface area contributed by atoms with Crippen molar-refractivity contribution < 1.29 is 19.4 Å². The molecule has 1 aromatic rings. The van der Waals surface area contributed by atoms with E-state index in [0.717, 1.165) is 6.04 Å². The summed E-state index contributed by atoms with van der Waals surface area (Å²) in [5, 5.41) is 20.8. The quantitative estimate of drug-likeness (QED) is 0.537. The molecule has 1 amide bonds. The van der Waals surface area contributed by atoms with Crippen LogP contribution in [0.2, 0.25) is 25.7 Å². The normalized spacial score (nSPS) is 14.9. The molecule has 0 aliphatic rings. The molecule has 0 bridgehead atoms. The first-order valence-corrected chi connectivity index (χ1v) is 12.2. The largest absolute Gasteiger partial charge is 0.444 e. The Hall–Kier alpha value is -1.45. The molecule has 0 aliphatic carbocycles. The molecule has 0 fully saturated rings. The molecule has 2 atom stereocenters. The van der Waals surface area contributed by atoms with Crippen LogP contribution in [0.25, 0.3) is 0 Å². The maximum absolute atomic E-state index is 11.8. The summed E-state index contributed by atoms with van der Waals surface area (Å²) in [6.45, 7) is 14.8. The summed E-state index contributed by atoms with van der Waals surface area (Å²) < 4.78 is 12.5. The highest BCUT2D eigenvalue weighted by Crippen LogP contribution is 2.16. The Morgan fingerprint density at radius 3 is 2.60 bits per heavy atom. The van der Waals surface area contributed by atoms with E-state index in [2.05, 4.69) is 35.2 Å². The lowest BCUT2D eigenvalue weighted by atomic mass is 10.2. The number of hydrogen-bond acceptors (Lipinski definition) is 6. The molecule has 25 heavy (non-hydrogen) atoms. The second-order valence-corrected chi connectivity index (χ2v) is 14.0. The van der Waals surface area contributed by atoms with Crippen molar-refractivity contribution in [2.45, 2.75) is 77.9 Å². The van der Waals surface area contributed by atoms with Crippen LogP contribution in [-0.2, 0) is 16.2 Å². The van der Waals surface area contributed by atoms with Crippen molar-refractivity contribution in [3.63, 3.8) is 0 Å². The number of alkyl carbamates (subject to hydrolysis) is 1. The van der Waals surface area contributed by atoms with Crippen LogP contribution >= 0.6 is 0 Å². The van der Waals surface area contributed by atoms with Crippen LogP contribution in [0.3, 0.4) is 0 Å². The van der Waals surface area contributed by atoms with Gasteiger partial charge in [0, 0.05) is 14.7 Å². The summed E-state index contributed by atoms with van der Waals surface area (Å²) in [5.41, 5.74) is -0.598. The van der Waals surface area contributed by atoms with Crippen molar-refractivity contribution in [2.24, 2.45) is 0 Å². The van der Waals surface area contributed by atoms with E-state index in [-0.39, 0.29) is 6.73 Å². The zero-order valence-electron chi connectivity index (χ0n) is 16.4. The summed E-state index contributed by atoms with van der Waals surface area (Å²) in [7, 11) is -1.15. The average Bonchev–Trinajstić information content (AvgIpc) is 2.87. The summed E-state index contributed by atoms with van der Waals surface area (Å²) in [5.74, 6) is 0.344. The van der Waals surface area contributed by atoms with E-state index in [4.69, 9.17) is 9.47 Å². The van der Waals surface area contributed by atoms with Gasteiger partial charge >= 0.3 is 6.09 Å². The van der Waals surface area contributed by atoms with Crippen LogP contribution < -0.4 is 5.32 Å². The first-order valence-electron chi connectivity index (χ1n) is 8.52. The molecular formula is C16H32N4O4Si. The van der Waals surface area contributed by atoms with Crippen molar-refractivity contribution >= 4 is 14.2 Å². The van der Waals surface area contributed by atoms with E-state index in [9.17, 15) is 9.90 Å². The summed E-state index contributed by atoms with van der Waals surface area (Å²) in [6, 6.07) is 0.476. The Balaban J connectivity index is 2.57. The van der Waals surface area contributed by atoms with Crippen LogP contribution in [0.1, 0.15) is 39.6 Å². The topological polar surface area (TPSA) is 98.5 Å². The summed E-state index contributed by atoms with van der Waals surface area (Å²) in [4.78, 5) is 11.8. The van der Waals surface area contributed by atoms with Gasteiger partial charge in [-0.2, -0.15) is 0 Å². The van der Waals surface area contributed by atoms with Crippen molar-refractivity contribution in [3.05, 3.63) is 12.2 Å². The van der Waals surface area contributed by atoms with E-state index in [1.165, 1.54) is 6.33 Å². The summed E-state index contributed by atoms with van der Waals surface area (Å²) >= 11 is 0. The van der Waals surface area contributed by atoms with Gasteiger partial charge in [0.15, 0.2) is 5.82 Å². The average molecular weight is 373 g/mol. The van der Waals surface area contributed by atoms with Crippen LogP contribution in [0.4, 0.5) is 4.79 Å². The Kier molecular flexibility index (Phi) is 7.57. The Morgan fingerprint density at radius 2 is 2.04 bits per heavy atom. The van der Waals surface area contributed by atoms with Crippen LogP contribution in [0.5, 0.6) is 0 Å². The first kappa shape index (κ1) is 21.6. The van der Waals surface area contributed by atoms with Gasteiger partial charge < -0.3 is 19.9 Å². The molecule has 0 radical (unpaired) electrons. The molecule has 9 heteroatoms. The highest BCUT2D eigenvalue weighted by molar-refractivity contribution is 6.76. The maximum atomic E-state index is 11.8. The minimum Gasteiger partial charge on any atom is -0.444 e. The second-order valence-electron chi connectivity index (χ2n) is 8.39. The number of aliphatic hydroxyl groups excluding tert-OH is 1. The van der Waals surface area contributed by atoms with E-state index in [1.54, 1.807) is 32.3 Å². The number of rotatable bonds is 8. The highest BCUT2D eigenvalue weighted by atomic mass is 28.3. The van der Waals surface area contributed by atoms with Gasteiger partial charge in [-0.3, -0.25) is 4.57 Å². The van der Waals surface area contributed by atoms with Gasteiger partial charge in [0.05, 0.1) is 6.04 Å². The maximum Gasteiger partial charge on any atom is 0.407 e. The zero-order chi connectivity index (χ0) is 19.3. The number of aliphatic hydroxyl groups is 1. The fraction of sp³-hybridized carbons (Fsp3) is 0.812. The first-order chi connectivity index (χ1) is 11.4. The number of carbonyl (C=O) groups is 1.